The molecule has 0 heterocycles. The summed E-state index contributed by atoms with van der Waals surface area (Å²) in [4.78, 5) is 0. The third kappa shape index (κ3) is 4.54. The lowest BCUT2D eigenvalue weighted by molar-refractivity contribution is 0.590. The van der Waals surface area contributed by atoms with Gasteiger partial charge in [-0.3, -0.25) is 0 Å². The van der Waals surface area contributed by atoms with Crippen molar-refractivity contribution in [2.24, 2.45) is 5.41 Å². The molecule has 0 atom stereocenters. The number of rotatable bonds is 2. The molecule has 0 aromatic carbocycles. The highest BCUT2D eigenvalue weighted by Gasteiger charge is 2.13. The zero-order valence-electron chi connectivity index (χ0n) is 7.81. The van der Waals surface area contributed by atoms with Gasteiger partial charge in [-0.15, -0.1) is 0 Å². The predicted octanol–water partition coefficient (Wildman–Crippen LogP) is 3.18. The van der Waals surface area contributed by atoms with Crippen molar-refractivity contribution in [1.82, 2.24) is 0 Å². The van der Waals surface area contributed by atoms with Gasteiger partial charge < -0.3 is 5.41 Å². The van der Waals surface area contributed by atoms with Crippen molar-refractivity contribution >= 4 is 5.71 Å². The second-order valence-corrected chi connectivity index (χ2v) is 3.55. The standard InChI is InChI=1S/C10H17N/c1-5-6-7-8-9(11)10(2,3)4/h5-8,11H,1-4H3/b6-5-,8-7-,11-9?. The summed E-state index contributed by atoms with van der Waals surface area (Å²) in [6, 6.07) is 0. The van der Waals surface area contributed by atoms with Crippen LogP contribution in [0, 0.1) is 10.8 Å². The highest BCUT2D eigenvalue weighted by atomic mass is 14.4. The highest BCUT2D eigenvalue weighted by Crippen LogP contribution is 2.15. The quantitative estimate of drug-likeness (QED) is 0.463. The molecule has 11 heavy (non-hydrogen) atoms. The Kier molecular flexibility index (Phi) is 3.80. The molecule has 0 saturated carbocycles. The van der Waals surface area contributed by atoms with E-state index >= 15 is 0 Å². The van der Waals surface area contributed by atoms with Gasteiger partial charge in [-0.2, -0.15) is 0 Å². The first-order chi connectivity index (χ1) is 4.98. The monoisotopic (exact) mass is 151 g/mol. The van der Waals surface area contributed by atoms with Crippen molar-refractivity contribution in [3.05, 3.63) is 24.3 Å². The van der Waals surface area contributed by atoms with E-state index in [0.29, 0.717) is 5.71 Å². The molecular formula is C10H17N. The molecule has 62 valence electrons. The minimum atomic E-state index is -0.0297. The van der Waals surface area contributed by atoms with Crippen LogP contribution in [0.1, 0.15) is 27.7 Å². The van der Waals surface area contributed by atoms with Crippen LogP contribution in [0.25, 0.3) is 0 Å². The number of nitrogens with one attached hydrogen (secondary N) is 1. The predicted molar refractivity (Wildman–Crippen MR) is 51.1 cm³/mol. The normalized spacial score (nSPS) is 13.1. The lowest BCUT2D eigenvalue weighted by Gasteiger charge is -2.16. The van der Waals surface area contributed by atoms with Crippen molar-refractivity contribution in [2.45, 2.75) is 27.7 Å². The van der Waals surface area contributed by atoms with Gasteiger partial charge in [0.2, 0.25) is 0 Å². The fourth-order valence-electron chi connectivity index (χ4n) is 0.513. The molecule has 1 heteroatoms. The van der Waals surface area contributed by atoms with Gasteiger partial charge in [-0.25, -0.2) is 0 Å². The highest BCUT2D eigenvalue weighted by molar-refractivity contribution is 5.96. The third-order valence-corrected chi connectivity index (χ3v) is 1.37. The van der Waals surface area contributed by atoms with Gasteiger partial charge >= 0.3 is 0 Å². The number of hydrogen-bond donors (Lipinski definition) is 1. The van der Waals surface area contributed by atoms with Crippen LogP contribution in [-0.4, -0.2) is 5.71 Å². The Balaban J connectivity index is 4.08. The summed E-state index contributed by atoms with van der Waals surface area (Å²) < 4.78 is 0. The van der Waals surface area contributed by atoms with E-state index in [4.69, 9.17) is 5.41 Å². The molecule has 0 rings (SSSR count). The Hall–Kier alpha value is -0.850. The van der Waals surface area contributed by atoms with Crippen LogP contribution in [0.15, 0.2) is 24.3 Å². The Labute approximate surface area is 69.3 Å². The molecule has 0 bridgehead atoms. The van der Waals surface area contributed by atoms with E-state index in [1.807, 2.05) is 52.0 Å². The van der Waals surface area contributed by atoms with Gasteiger partial charge in [0.05, 0.1) is 0 Å². The molecule has 0 aliphatic rings. The maximum absolute atomic E-state index is 7.60. The average molecular weight is 151 g/mol. The first kappa shape index (κ1) is 10.2. The van der Waals surface area contributed by atoms with Crippen LogP contribution >= 0.6 is 0 Å². The fraction of sp³-hybridized carbons (Fsp3) is 0.500. The SMILES string of the molecule is C/C=C\C=C/C(=N)C(C)(C)C. The molecule has 0 spiro atoms. The van der Waals surface area contributed by atoms with Crippen molar-refractivity contribution in [3.63, 3.8) is 0 Å². The summed E-state index contributed by atoms with van der Waals surface area (Å²) in [6.07, 6.45) is 7.61. The number of hydrogen-bond acceptors (Lipinski definition) is 1. The van der Waals surface area contributed by atoms with Gasteiger partial charge in [-0.05, 0) is 13.0 Å². The van der Waals surface area contributed by atoms with Crippen molar-refractivity contribution in [3.8, 4) is 0 Å². The Bertz CT molecular complexity index is 180. The van der Waals surface area contributed by atoms with Gasteiger partial charge in [0, 0.05) is 11.1 Å². The van der Waals surface area contributed by atoms with Crippen LogP contribution in [0.5, 0.6) is 0 Å². The molecule has 1 nitrogen and oxygen atoms in total. The Morgan fingerprint density at radius 3 is 2.09 bits per heavy atom. The molecule has 1 N–H and O–H groups in total. The molecule has 0 aromatic rings. The molecular weight excluding hydrogens is 134 g/mol. The molecule has 0 fully saturated rings. The van der Waals surface area contributed by atoms with Gasteiger partial charge in [0.1, 0.15) is 0 Å². The first-order valence-electron chi connectivity index (χ1n) is 3.87. The second-order valence-electron chi connectivity index (χ2n) is 3.55. The minimum absolute atomic E-state index is 0.0297. The van der Waals surface area contributed by atoms with Crippen LogP contribution in [0.3, 0.4) is 0 Å². The van der Waals surface area contributed by atoms with Crippen molar-refractivity contribution < 1.29 is 0 Å². The molecule has 0 radical (unpaired) electrons. The van der Waals surface area contributed by atoms with Gasteiger partial charge in [0.15, 0.2) is 0 Å². The zero-order valence-corrected chi connectivity index (χ0v) is 7.81. The largest absolute Gasteiger partial charge is 0.305 e. The smallest absolute Gasteiger partial charge is 0.0367 e. The summed E-state index contributed by atoms with van der Waals surface area (Å²) in [5, 5.41) is 7.60. The Morgan fingerprint density at radius 2 is 1.73 bits per heavy atom. The molecule has 0 aliphatic carbocycles. The summed E-state index contributed by atoms with van der Waals surface area (Å²) in [6.45, 7) is 8.07. The summed E-state index contributed by atoms with van der Waals surface area (Å²) in [7, 11) is 0. The maximum atomic E-state index is 7.60. The van der Waals surface area contributed by atoms with Crippen LogP contribution in [-0.2, 0) is 0 Å². The van der Waals surface area contributed by atoms with E-state index in [0.717, 1.165) is 0 Å². The average Bonchev–Trinajstić information content (AvgIpc) is 1.86. The lowest BCUT2D eigenvalue weighted by atomic mass is 9.90. The van der Waals surface area contributed by atoms with E-state index < -0.39 is 0 Å². The maximum Gasteiger partial charge on any atom is 0.0367 e. The van der Waals surface area contributed by atoms with E-state index in [9.17, 15) is 0 Å². The van der Waals surface area contributed by atoms with E-state index in [2.05, 4.69) is 0 Å². The van der Waals surface area contributed by atoms with Gasteiger partial charge in [0.25, 0.3) is 0 Å². The zero-order chi connectivity index (χ0) is 8.91. The molecule has 0 saturated heterocycles. The molecule has 0 unspecified atom stereocenters. The van der Waals surface area contributed by atoms with Crippen molar-refractivity contribution in [1.29, 1.82) is 5.41 Å². The first-order valence-corrected chi connectivity index (χ1v) is 3.87. The van der Waals surface area contributed by atoms with Crippen molar-refractivity contribution in [2.75, 3.05) is 0 Å². The summed E-state index contributed by atoms with van der Waals surface area (Å²) >= 11 is 0. The van der Waals surface area contributed by atoms with E-state index in [1.165, 1.54) is 0 Å². The van der Waals surface area contributed by atoms with Gasteiger partial charge in [-0.1, -0.05) is 39.0 Å². The third-order valence-electron chi connectivity index (χ3n) is 1.37. The van der Waals surface area contributed by atoms with Crippen LogP contribution < -0.4 is 0 Å². The van der Waals surface area contributed by atoms with Crippen LogP contribution in [0.4, 0.5) is 0 Å². The van der Waals surface area contributed by atoms with E-state index in [-0.39, 0.29) is 5.41 Å². The molecule has 0 aliphatic heterocycles. The Morgan fingerprint density at radius 1 is 1.18 bits per heavy atom. The topological polar surface area (TPSA) is 23.9 Å². The minimum Gasteiger partial charge on any atom is -0.305 e. The second kappa shape index (κ2) is 4.12. The fourth-order valence-corrected chi connectivity index (χ4v) is 0.513. The number of allylic oxidation sites excluding steroid dienone is 4. The molecule has 0 aromatic heterocycles. The summed E-state index contributed by atoms with van der Waals surface area (Å²) in [5.74, 6) is 0. The van der Waals surface area contributed by atoms with E-state index in [1.54, 1.807) is 0 Å². The van der Waals surface area contributed by atoms with Crippen LogP contribution in [0.2, 0.25) is 0 Å². The molecule has 0 amide bonds. The lowest BCUT2D eigenvalue weighted by Crippen LogP contribution is -2.16. The summed E-state index contributed by atoms with van der Waals surface area (Å²) in [5.41, 5.74) is 0.633.